The largest absolute Gasteiger partial charge is 0.370 e. The number of benzene rings is 2. The van der Waals surface area contributed by atoms with Crippen molar-refractivity contribution in [3.63, 3.8) is 0 Å². The van der Waals surface area contributed by atoms with E-state index in [2.05, 4.69) is 62.4 Å². The van der Waals surface area contributed by atoms with Gasteiger partial charge < -0.3 is 14.2 Å². The van der Waals surface area contributed by atoms with Gasteiger partial charge >= 0.3 is 0 Å². The van der Waals surface area contributed by atoms with Crippen LogP contribution in [0.25, 0.3) is 0 Å². The van der Waals surface area contributed by atoms with Crippen molar-refractivity contribution in [3.05, 3.63) is 70.8 Å². The van der Waals surface area contributed by atoms with E-state index >= 15 is 0 Å². The minimum atomic E-state index is -0.0458. The number of ether oxygens (including phenoxy) is 3. The van der Waals surface area contributed by atoms with Gasteiger partial charge in [0.25, 0.3) is 0 Å². The summed E-state index contributed by atoms with van der Waals surface area (Å²) in [5.41, 5.74) is 5.39. The van der Waals surface area contributed by atoms with Crippen molar-refractivity contribution in [2.75, 3.05) is 13.2 Å². The molecule has 2 aromatic rings. The predicted molar refractivity (Wildman–Crippen MR) is 218 cm³/mol. The fourth-order valence-corrected chi connectivity index (χ4v) is 7.93. The number of aryl methyl sites for hydroxylation is 2. The number of epoxide rings is 2. The SMILES string of the molecule is CCCCCCCCCCCCCCCc1cccc(C(OC(c2cccc(CCCCCCCCCCCCCCC)c2)C2CO2)C2CO2)c1. The van der Waals surface area contributed by atoms with Gasteiger partial charge in [0.15, 0.2) is 0 Å². The predicted octanol–water partition coefficient (Wildman–Crippen LogP) is 14.6. The lowest BCUT2D eigenvalue weighted by Gasteiger charge is -2.24. The fourth-order valence-electron chi connectivity index (χ4n) is 7.93. The van der Waals surface area contributed by atoms with E-state index in [0.717, 1.165) is 26.1 Å². The van der Waals surface area contributed by atoms with Gasteiger partial charge in [0.1, 0.15) is 24.4 Å². The van der Waals surface area contributed by atoms with Crippen LogP contribution < -0.4 is 0 Å². The van der Waals surface area contributed by atoms with E-state index in [0.29, 0.717) is 0 Å². The molecule has 3 nitrogen and oxygen atoms in total. The average molecular weight is 703 g/mol. The quantitative estimate of drug-likeness (QED) is 0.0538. The number of rotatable bonds is 34. The molecule has 2 aliphatic rings. The molecule has 0 amide bonds. The van der Waals surface area contributed by atoms with Crippen LogP contribution in [0.3, 0.4) is 0 Å². The zero-order chi connectivity index (χ0) is 35.6. The van der Waals surface area contributed by atoms with Crippen molar-refractivity contribution >= 4 is 0 Å². The molecule has 0 aromatic heterocycles. The van der Waals surface area contributed by atoms with E-state index < -0.39 is 0 Å². The minimum Gasteiger partial charge on any atom is -0.370 e. The third-order valence-electron chi connectivity index (χ3n) is 11.4. The fraction of sp³-hybridized carbons (Fsp3) is 0.750. The highest BCUT2D eigenvalue weighted by atomic mass is 16.6. The average Bonchev–Trinajstić information content (AvgIpc) is 4.09. The molecule has 2 fully saturated rings. The lowest BCUT2D eigenvalue weighted by atomic mass is 9.98. The highest BCUT2D eigenvalue weighted by Gasteiger charge is 2.42. The van der Waals surface area contributed by atoms with E-state index in [-0.39, 0.29) is 24.4 Å². The van der Waals surface area contributed by atoms with Gasteiger partial charge in [0.05, 0.1) is 13.2 Å². The first-order valence-corrected chi connectivity index (χ1v) is 22.3. The molecule has 3 heteroatoms. The summed E-state index contributed by atoms with van der Waals surface area (Å²) in [5.74, 6) is 0. The first-order valence-electron chi connectivity index (χ1n) is 22.3. The summed E-state index contributed by atoms with van der Waals surface area (Å²) in [7, 11) is 0. The minimum absolute atomic E-state index is 0.0458. The van der Waals surface area contributed by atoms with Gasteiger partial charge in [-0.1, -0.05) is 216 Å². The molecule has 0 bridgehead atoms. The molecule has 4 atom stereocenters. The van der Waals surface area contributed by atoms with E-state index in [1.54, 1.807) is 0 Å². The lowest BCUT2D eigenvalue weighted by Crippen LogP contribution is -2.19. The first kappa shape index (κ1) is 42.1. The molecule has 4 rings (SSSR count). The Hall–Kier alpha value is -1.68. The van der Waals surface area contributed by atoms with Gasteiger partial charge in [-0.15, -0.1) is 0 Å². The summed E-state index contributed by atoms with van der Waals surface area (Å²) >= 11 is 0. The first-order chi connectivity index (χ1) is 25.3. The maximum Gasteiger partial charge on any atom is 0.112 e. The Balaban J connectivity index is 1.13. The van der Waals surface area contributed by atoms with Gasteiger partial charge in [-0.2, -0.15) is 0 Å². The molecule has 0 radical (unpaired) electrons. The van der Waals surface area contributed by atoms with Gasteiger partial charge in [0, 0.05) is 0 Å². The van der Waals surface area contributed by atoms with Crippen molar-refractivity contribution in [1.82, 2.24) is 0 Å². The molecule has 2 saturated heterocycles. The van der Waals surface area contributed by atoms with Crippen LogP contribution in [0.4, 0.5) is 0 Å². The molecule has 4 unspecified atom stereocenters. The molecule has 0 aliphatic carbocycles. The second-order valence-electron chi connectivity index (χ2n) is 16.2. The Morgan fingerprint density at radius 2 is 0.745 bits per heavy atom. The van der Waals surface area contributed by atoms with Gasteiger partial charge in [-0.05, 0) is 47.9 Å². The van der Waals surface area contributed by atoms with Crippen molar-refractivity contribution in [2.24, 2.45) is 0 Å². The van der Waals surface area contributed by atoms with Crippen LogP contribution in [0, 0.1) is 0 Å². The highest BCUT2D eigenvalue weighted by Crippen LogP contribution is 2.41. The van der Waals surface area contributed by atoms with E-state index in [4.69, 9.17) is 14.2 Å². The third kappa shape index (κ3) is 18.8. The zero-order valence-corrected chi connectivity index (χ0v) is 33.4. The zero-order valence-electron chi connectivity index (χ0n) is 33.4. The van der Waals surface area contributed by atoms with Crippen molar-refractivity contribution < 1.29 is 14.2 Å². The van der Waals surface area contributed by atoms with Crippen LogP contribution in [0.5, 0.6) is 0 Å². The molecule has 0 saturated carbocycles. The Kier molecular flexibility index (Phi) is 22.3. The smallest absolute Gasteiger partial charge is 0.112 e. The molecule has 2 aromatic carbocycles. The van der Waals surface area contributed by atoms with Crippen LogP contribution in [-0.2, 0) is 27.1 Å². The maximum absolute atomic E-state index is 6.97. The second kappa shape index (κ2) is 27.0. The van der Waals surface area contributed by atoms with E-state index in [1.165, 1.54) is 189 Å². The van der Waals surface area contributed by atoms with Crippen LogP contribution in [0.1, 0.15) is 215 Å². The van der Waals surface area contributed by atoms with E-state index in [1.807, 2.05) is 0 Å². The Labute approximate surface area is 315 Å². The molecule has 0 N–H and O–H groups in total. The standard InChI is InChI=1S/C48H78O3/c1-3-5-7-9-11-13-15-17-19-21-23-25-27-31-41-33-29-35-43(37-41)47(45-39-49-45)51-48(46-40-50-46)44-36-30-34-42(38-44)32-28-26-24-22-20-18-16-14-12-10-8-6-4-2/h29-30,33-38,45-48H,3-28,31-32,39-40H2,1-2H3. The van der Waals surface area contributed by atoms with Gasteiger partial charge in [-0.3, -0.25) is 0 Å². The molecular formula is C48H78O3. The lowest BCUT2D eigenvalue weighted by molar-refractivity contribution is -0.0419. The van der Waals surface area contributed by atoms with Crippen LogP contribution >= 0.6 is 0 Å². The van der Waals surface area contributed by atoms with Crippen LogP contribution in [0.2, 0.25) is 0 Å². The van der Waals surface area contributed by atoms with Gasteiger partial charge in [-0.25, -0.2) is 0 Å². The number of hydrogen-bond acceptors (Lipinski definition) is 3. The van der Waals surface area contributed by atoms with Crippen molar-refractivity contribution in [3.8, 4) is 0 Å². The molecule has 2 aliphatic heterocycles. The molecular weight excluding hydrogens is 625 g/mol. The molecule has 51 heavy (non-hydrogen) atoms. The summed E-state index contributed by atoms with van der Waals surface area (Å²) in [6, 6.07) is 18.3. The Morgan fingerprint density at radius 3 is 1.04 bits per heavy atom. The summed E-state index contributed by atoms with van der Waals surface area (Å²) < 4.78 is 18.7. The van der Waals surface area contributed by atoms with E-state index in [9.17, 15) is 0 Å². The summed E-state index contributed by atoms with van der Waals surface area (Å²) in [4.78, 5) is 0. The summed E-state index contributed by atoms with van der Waals surface area (Å²) in [6.07, 6.45) is 38.9. The normalized spacial score (nSPS) is 17.8. The number of hydrogen-bond donors (Lipinski definition) is 0. The van der Waals surface area contributed by atoms with Crippen molar-refractivity contribution in [1.29, 1.82) is 0 Å². The maximum atomic E-state index is 6.97. The van der Waals surface area contributed by atoms with Gasteiger partial charge in [0.2, 0.25) is 0 Å². The Bertz CT molecular complexity index is 1030. The topological polar surface area (TPSA) is 34.3 Å². The third-order valence-corrected chi connectivity index (χ3v) is 11.4. The number of unbranched alkanes of at least 4 members (excludes halogenated alkanes) is 24. The summed E-state index contributed by atoms with van der Waals surface area (Å²) in [6.45, 7) is 6.17. The Morgan fingerprint density at radius 1 is 0.451 bits per heavy atom. The highest BCUT2D eigenvalue weighted by molar-refractivity contribution is 5.29. The summed E-state index contributed by atoms with van der Waals surface area (Å²) in [5, 5.41) is 0. The molecule has 288 valence electrons. The van der Waals surface area contributed by atoms with Crippen LogP contribution in [0.15, 0.2) is 48.5 Å². The monoisotopic (exact) mass is 703 g/mol. The van der Waals surface area contributed by atoms with Crippen molar-refractivity contribution in [2.45, 2.75) is 218 Å². The van der Waals surface area contributed by atoms with Crippen LogP contribution in [-0.4, -0.2) is 25.4 Å². The molecule has 2 heterocycles. The second-order valence-corrected chi connectivity index (χ2v) is 16.2. The molecule has 0 spiro atoms.